The molecule has 19 heavy (non-hydrogen) atoms. The third-order valence-corrected chi connectivity index (χ3v) is 3.64. The van der Waals surface area contributed by atoms with E-state index >= 15 is 0 Å². The van der Waals surface area contributed by atoms with Gasteiger partial charge in [-0.3, -0.25) is 4.79 Å². The Labute approximate surface area is 115 Å². The molecule has 0 aromatic carbocycles. The van der Waals surface area contributed by atoms with E-state index in [0.717, 1.165) is 25.7 Å². The number of methoxy groups -OCH3 is 1. The van der Waals surface area contributed by atoms with Gasteiger partial charge in [0, 0.05) is 12.0 Å². The third-order valence-electron chi connectivity index (χ3n) is 3.64. The zero-order valence-electron chi connectivity index (χ0n) is 12.2. The van der Waals surface area contributed by atoms with Crippen LogP contribution in [0, 0.1) is 5.92 Å². The van der Waals surface area contributed by atoms with Crippen molar-refractivity contribution < 1.29 is 14.3 Å². The van der Waals surface area contributed by atoms with Gasteiger partial charge < -0.3 is 15.8 Å². The van der Waals surface area contributed by atoms with E-state index < -0.39 is 6.04 Å². The van der Waals surface area contributed by atoms with E-state index in [4.69, 9.17) is 10.5 Å². The number of hydrogen-bond acceptors (Lipinski definition) is 4. The van der Waals surface area contributed by atoms with Crippen LogP contribution in [0.25, 0.3) is 0 Å². The Balaban J connectivity index is 2.53. The highest BCUT2D eigenvalue weighted by atomic mass is 16.5. The molecule has 1 aliphatic rings. The molecule has 1 atom stereocenters. The molecule has 0 radical (unpaired) electrons. The van der Waals surface area contributed by atoms with Crippen molar-refractivity contribution in [3.63, 3.8) is 0 Å². The van der Waals surface area contributed by atoms with E-state index in [1.165, 1.54) is 7.11 Å². The van der Waals surface area contributed by atoms with E-state index in [1.54, 1.807) is 0 Å². The lowest BCUT2D eigenvalue weighted by Gasteiger charge is -2.25. The maximum absolute atomic E-state index is 12.0. The molecule has 1 unspecified atom stereocenters. The smallest absolute Gasteiger partial charge is 0.328 e. The number of esters is 1. The molecule has 0 bridgehead atoms. The van der Waals surface area contributed by atoms with Gasteiger partial charge in [-0.05, 0) is 25.2 Å². The van der Waals surface area contributed by atoms with Crippen molar-refractivity contribution in [3.05, 3.63) is 0 Å². The first kappa shape index (κ1) is 16.0. The van der Waals surface area contributed by atoms with Gasteiger partial charge in [-0.2, -0.15) is 0 Å². The predicted molar refractivity (Wildman–Crippen MR) is 73.4 cm³/mol. The topological polar surface area (TPSA) is 81.4 Å². The molecule has 1 rings (SSSR count). The lowest BCUT2D eigenvalue weighted by Crippen LogP contribution is -2.47. The number of amides is 1. The van der Waals surface area contributed by atoms with Crippen molar-refractivity contribution in [1.82, 2.24) is 5.32 Å². The van der Waals surface area contributed by atoms with Crippen LogP contribution in [0.4, 0.5) is 0 Å². The lowest BCUT2D eigenvalue weighted by molar-refractivity contribution is -0.145. The Morgan fingerprint density at radius 3 is 2.37 bits per heavy atom. The first-order valence-corrected chi connectivity index (χ1v) is 7.02. The number of ether oxygens (including phenoxy) is 1. The van der Waals surface area contributed by atoms with Gasteiger partial charge in [0.25, 0.3) is 0 Å². The Hall–Kier alpha value is -1.10. The highest BCUT2D eigenvalue weighted by Crippen LogP contribution is 2.29. The normalized spacial score (nSPS) is 19.2. The number of nitrogens with two attached hydrogens (primary N) is 1. The quantitative estimate of drug-likeness (QED) is 0.714. The first-order chi connectivity index (χ1) is 8.86. The molecule has 1 amide bonds. The average molecular weight is 270 g/mol. The summed E-state index contributed by atoms with van der Waals surface area (Å²) in [5.74, 6) is -0.234. The minimum atomic E-state index is -0.567. The fourth-order valence-electron chi connectivity index (χ4n) is 2.65. The van der Waals surface area contributed by atoms with Gasteiger partial charge >= 0.3 is 5.97 Å². The maximum atomic E-state index is 12.0. The van der Waals surface area contributed by atoms with Crippen molar-refractivity contribution in [2.75, 3.05) is 7.11 Å². The molecule has 1 aliphatic carbocycles. The number of carbonyl (C=O) groups excluding carboxylic acids is 2. The SMILES string of the molecule is COC(=O)C(CC(C)C)NC(=O)CC1(N)CCCC1. The molecule has 5 heteroatoms. The summed E-state index contributed by atoms with van der Waals surface area (Å²) in [6.45, 7) is 4.01. The summed E-state index contributed by atoms with van der Waals surface area (Å²) in [6, 6.07) is -0.567. The van der Waals surface area contributed by atoms with Gasteiger partial charge in [0.2, 0.25) is 5.91 Å². The number of rotatable bonds is 6. The zero-order valence-corrected chi connectivity index (χ0v) is 12.2. The van der Waals surface area contributed by atoms with E-state index in [1.807, 2.05) is 13.8 Å². The van der Waals surface area contributed by atoms with Gasteiger partial charge in [-0.1, -0.05) is 26.7 Å². The Kier molecular flexibility index (Phi) is 5.79. The van der Waals surface area contributed by atoms with Crippen LogP contribution in [-0.4, -0.2) is 30.6 Å². The van der Waals surface area contributed by atoms with Crippen LogP contribution in [0.5, 0.6) is 0 Å². The van der Waals surface area contributed by atoms with Crippen LogP contribution >= 0.6 is 0 Å². The van der Waals surface area contributed by atoms with Crippen LogP contribution in [0.15, 0.2) is 0 Å². The number of hydrogen-bond donors (Lipinski definition) is 2. The van der Waals surface area contributed by atoms with Gasteiger partial charge in [0.05, 0.1) is 7.11 Å². The predicted octanol–water partition coefficient (Wildman–Crippen LogP) is 1.35. The van der Waals surface area contributed by atoms with E-state index in [-0.39, 0.29) is 17.4 Å². The Bertz CT molecular complexity index is 323. The monoisotopic (exact) mass is 270 g/mol. The lowest BCUT2D eigenvalue weighted by atomic mass is 9.94. The fourth-order valence-corrected chi connectivity index (χ4v) is 2.65. The van der Waals surface area contributed by atoms with Gasteiger partial charge in [-0.25, -0.2) is 4.79 Å². The summed E-state index contributed by atoms with van der Waals surface area (Å²) in [6.07, 6.45) is 4.79. The fraction of sp³-hybridized carbons (Fsp3) is 0.857. The van der Waals surface area contributed by atoms with E-state index in [2.05, 4.69) is 5.32 Å². The molecule has 0 aromatic heterocycles. The molecule has 0 aromatic rings. The summed E-state index contributed by atoms with van der Waals surface area (Å²) in [5.41, 5.74) is 5.78. The second-order valence-electron chi connectivity index (χ2n) is 6.02. The maximum Gasteiger partial charge on any atom is 0.328 e. The van der Waals surface area contributed by atoms with E-state index in [9.17, 15) is 9.59 Å². The minimum Gasteiger partial charge on any atom is -0.467 e. The second kappa shape index (κ2) is 6.89. The zero-order chi connectivity index (χ0) is 14.5. The van der Waals surface area contributed by atoms with Crippen LogP contribution in [0.3, 0.4) is 0 Å². The molecule has 3 N–H and O–H groups in total. The van der Waals surface area contributed by atoms with Crippen molar-refractivity contribution in [3.8, 4) is 0 Å². The summed E-state index contributed by atoms with van der Waals surface area (Å²) >= 11 is 0. The number of carbonyl (C=O) groups is 2. The second-order valence-corrected chi connectivity index (χ2v) is 6.02. The van der Waals surface area contributed by atoms with Crippen molar-refractivity contribution in [2.24, 2.45) is 11.7 Å². The van der Waals surface area contributed by atoms with Crippen molar-refractivity contribution in [2.45, 2.75) is 64.0 Å². The highest BCUT2D eigenvalue weighted by molar-refractivity contribution is 5.85. The van der Waals surface area contributed by atoms with Gasteiger partial charge in [0.15, 0.2) is 0 Å². The van der Waals surface area contributed by atoms with Crippen LogP contribution in [0.2, 0.25) is 0 Å². The molecule has 0 aliphatic heterocycles. The summed E-state index contributed by atoms with van der Waals surface area (Å²) in [5, 5.41) is 2.76. The van der Waals surface area contributed by atoms with Crippen LogP contribution < -0.4 is 11.1 Å². The van der Waals surface area contributed by atoms with Crippen LogP contribution in [-0.2, 0) is 14.3 Å². The molecule has 110 valence electrons. The molecular weight excluding hydrogens is 244 g/mol. The third kappa shape index (κ3) is 5.19. The van der Waals surface area contributed by atoms with Crippen LogP contribution in [0.1, 0.15) is 52.4 Å². The molecule has 1 fully saturated rings. The summed E-state index contributed by atoms with van der Waals surface area (Å²) in [4.78, 5) is 23.6. The molecule has 0 spiro atoms. The number of nitrogens with one attached hydrogen (secondary N) is 1. The standard InChI is InChI=1S/C14H26N2O3/c1-10(2)8-11(13(18)19-3)16-12(17)9-14(15)6-4-5-7-14/h10-11H,4-9,15H2,1-3H3,(H,16,17). The van der Waals surface area contributed by atoms with Gasteiger partial charge in [-0.15, -0.1) is 0 Å². The Morgan fingerprint density at radius 1 is 1.32 bits per heavy atom. The molecule has 1 saturated carbocycles. The average Bonchev–Trinajstić information content (AvgIpc) is 2.72. The largest absolute Gasteiger partial charge is 0.467 e. The molecular formula is C14H26N2O3. The van der Waals surface area contributed by atoms with Crippen molar-refractivity contribution in [1.29, 1.82) is 0 Å². The first-order valence-electron chi connectivity index (χ1n) is 7.02. The summed E-state index contributed by atoms with van der Waals surface area (Å²) < 4.78 is 4.72. The van der Waals surface area contributed by atoms with Gasteiger partial charge in [0.1, 0.15) is 6.04 Å². The highest BCUT2D eigenvalue weighted by Gasteiger charge is 2.33. The minimum absolute atomic E-state index is 0.152. The summed E-state index contributed by atoms with van der Waals surface area (Å²) in [7, 11) is 1.34. The molecule has 0 saturated heterocycles. The Morgan fingerprint density at radius 2 is 1.89 bits per heavy atom. The molecule has 0 heterocycles. The van der Waals surface area contributed by atoms with E-state index in [0.29, 0.717) is 18.8 Å². The van der Waals surface area contributed by atoms with Crippen molar-refractivity contribution >= 4 is 11.9 Å². The molecule has 5 nitrogen and oxygen atoms in total.